The van der Waals surface area contributed by atoms with Crippen LogP contribution in [0.3, 0.4) is 0 Å². The van der Waals surface area contributed by atoms with Crippen LogP contribution in [0.25, 0.3) is 0 Å². The van der Waals surface area contributed by atoms with E-state index >= 15 is 0 Å². The second-order valence-corrected chi connectivity index (χ2v) is 5.24. The first-order chi connectivity index (χ1) is 5.52. The summed E-state index contributed by atoms with van der Waals surface area (Å²) in [5.74, 6) is 0.873. The van der Waals surface area contributed by atoms with Crippen molar-refractivity contribution in [2.24, 2.45) is 16.7 Å². The second kappa shape index (κ2) is 2.16. The second-order valence-electron chi connectivity index (χ2n) is 5.24. The minimum absolute atomic E-state index is 0.534. The van der Waals surface area contributed by atoms with Crippen LogP contribution >= 0.6 is 0 Å². The Morgan fingerprint density at radius 1 is 1.42 bits per heavy atom. The van der Waals surface area contributed by atoms with Crippen molar-refractivity contribution in [3.8, 4) is 0 Å². The van der Waals surface area contributed by atoms with Crippen LogP contribution < -0.4 is 0 Å². The van der Waals surface area contributed by atoms with Crippen LogP contribution in [0, 0.1) is 16.7 Å². The maximum Gasteiger partial charge on any atom is -0.00594 e. The topological polar surface area (TPSA) is 0 Å². The van der Waals surface area contributed by atoms with E-state index in [9.17, 15) is 0 Å². The van der Waals surface area contributed by atoms with E-state index in [0.29, 0.717) is 10.8 Å². The quantitative estimate of drug-likeness (QED) is 0.517. The highest BCUT2D eigenvalue weighted by Gasteiger charge is 2.56. The van der Waals surface area contributed by atoms with E-state index in [1.165, 1.54) is 19.3 Å². The molecule has 1 fully saturated rings. The summed E-state index contributed by atoms with van der Waals surface area (Å²) in [5, 5.41) is 0. The fraction of sp³-hybridized carbons (Fsp3) is 0.833. The first-order valence-corrected chi connectivity index (χ1v) is 5.23. The number of hydrogen-bond acceptors (Lipinski definition) is 0. The largest absolute Gasteiger partial charge is 0.0811 e. The van der Waals surface area contributed by atoms with Crippen molar-refractivity contribution in [2.75, 3.05) is 0 Å². The molecule has 2 unspecified atom stereocenters. The lowest BCUT2D eigenvalue weighted by Crippen LogP contribution is -2.29. The minimum atomic E-state index is 0.534. The zero-order chi connectivity index (χ0) is 8.98. The highest BCUT2D eigenvalue weighted by molar-refractivity contribution is 5.31. The molecule has 0 aliphatic heterocycles. The van der Waals surface area contributed by atoms with Crippen molar-refractivity contribution in [3.63, 3.8) is 0 Å². The number of fused-ring (bicyclic) bond motifs is 2. The molecule has 0 amide bonds. The van der Waals surface area contributed by atoms with Crippen LogP contribution in [0.4, 0.5) is 0 Å². The molecule has 0 radical (unpaired) electrons. The zero-order valence-electron chi connectivity index (χ0n) is 8.78. The Hall–Kier alpha value is -0.260. The predicted octanol–water partition coefficient (Wildman–Crippen LogP) is 3.78. The highest BCUT2D eigenvalue weighted by atomic mass is 14.6. The summed E-state index contributed by atoms with van der Waals surface area (Å²) in [6.07, 6.45) is 6.66. The third-order valence-electron chi connectivity index (χ3n) is 4.80. The van der Waals surface area contributed by atoms with Crippen molar-refractivity contribution in [1.29, 1.82) is 0 Å². The lowest BCUT2D eigenvalue weighted by Gasteiger charge is -2.37. The van der Waals surface area contributed by atoms with Gasteiger partial charge in [0.15, 0.2) is 0 Å². The molecule has 0 heteroatoms. The van der Waals surface area contributed by atoms with Gasteiger partial charge < -0.3 is 0 Å². The van der Waals surface area contributed by atoms with E-state index in [1.54, 1.807) is 5.57 Å². The van der Waals surface area contributed by atoms with Gasteiger partial charge in [0.1, 0.15) is 0 Å². The van der Waals surface area contributed by atoms with Gasteiger partial charge in [-0.2, -0.15) is 0 Å². The van der Waals surface area contributed by atoms with Gasteiger partial charge >= 0.3 is 0 Å². The summed E-state index contributed by atoms with van der Waals surface area (Å²) in [7, 11) is 0. The van der Waals surface area contributed by atoms with Gasteiger partial charge in [-0.05, 0) is 36.0 Å². The fourth-order valence-corrected chi connectivity index (χ4v) is 3.34. The molecule has 0 saturated heterocycles. The van der Waals surface area contributed by atoms with Gasteiger partial charge in [-0.1, -0.05) is 39.3 Å². The predicted molar refractivity (Wildman–Crippen MR) is 53.0 cm³/mol. The van der Waals surface area contributed by atoms with E-state index in [4.69, 9.17) is 0 Å². The Labute approximate surface area is 76.1 Å². The highest BCUT2D eigenvalue weighted by Crippen LogP contribution is 2.65. The molecule has 2 aliphatic carbocycles. The Bertz CT molecular complexity index is 234. The van der Waals surface area contributed by atoms with E-state index in [2.05, 4.69) is 33.8 Å². The first-order valence-electron chi connectivity index (χ1n) is 5.23. The summed E-state index contributed by atoms with van der Waals surface area (Å²) in [4.78, 5) is 0. The molecule has 0 nitrogen and oxygen atoms in total. The monoisotopic (exact) mass is 164 g/mol. The average molecular weight is 164 g/mol. The van der Waals surface area contributed by atoms with Gasteiger partial charge in [-0.3, -0.25) is 0 Å². The Morgan fingerprint density at radius 2 is 2.08 bits per heavy atom. The smallest absolute Gasteiger partial charge is 0.00594 e. The molecule has 0 aromatic heterocycles. The molecule has 0 heterocycles. The molecule has 12 heavy (non-hydrogen) atoms. The molecule has 68 valence electrons. The Balaban J connectivity index is 2.43. The molecule has 1 saturated carbocycles. The van der Waals surface area contributed by atoms with Gasteiger partial charge in [0.2, 0.25) is 0 Å². The van der Waals surface area contributed by atoms with Crippen molar-refractivity contribution < 1.29 is 0 Å². The minimum Gasteiger partial charge on any atom is -0.0811 e. The SMILES string of the molecule is CCC1=CC2CCC1(C)C2(C)C. The maximum atomic E-state index is 2.56. The van der Waals surface area contributed by atoms with Crippen molar-refractivity contribution in [3.05, 3.63) is 11.6 Å². The van der Waals surface area contributed by atoms with Crippen LogP contribution in [0.2, 0.25) is 0 Å². The lowest BCUT2D eigenvalue weighted by atomic mass is 9.67. The molecule has 2 bridgehead atoms. The van der Waals surface area contributed by atoms with E-state index in [-0.39, 0.29) is 0 Å². The normalized spacial score (nSPS) is 43.3. The molecule has 2 atom stereocenters. The van der Waals surface area contributed by atoms with Gasteiger partial charge in [-0.15, -0.1) is 0 Å². The van der Waals surface area contributed by atoms with Crippen LogP contribution in [0.1, 0.15) is 47.0 Å². The molecule has 0 aromatic rings. The number of rotatable bonds is 1. The molecular formula is C12H20. The first kappa shape index (κ1) is 8.34. The lowest BCUT2D eigenvalue weighted by molar-refractivity contribution is 0.168. The van der Waals surface area contributed by atoms with E-state index in [1.807, 2.05) is 0 Å². The van der Waals surface area contributed by atoms with Crippen molar-refractivity contribution in [1.82, 2.24) is 0 Å². The Morgan fingerprint density at radius 3 is 2.33 bits per heavy atom. The third-order valence-corrected chi connectivity index (χ3v) is 4.80. The van der Waals surface area contributed by atoms with Gasteiger partial charge in [0.05, 0.1) is 0 Å². The summed E-state index contributed by atoms with van der Waals surface area (Å²) in [6, 6.07) is 0. The molecule has 0 N–H and O–H groups in total. The van der Waals surface area contributed by atoms with Crippen LogP contribution in [-0.4, -0.2) is 0 Å². The van der Waals surface area contributed by atoms with Gasteiger partial charge in [0, 0.05) is 0 Å². The summed E-state index contributed by atoms with van der Waals surface area (Å²) in [5.41, 5.74) is 2.80. The summed E-state index contributed by atoms with van der Waals surface area (Å²) < 4.78 is 0. The standard InChI is InChI=1S/C12H20/c1-5-9-8-10-6-7-12(9,4)11(10,2)3/h8,10H,5-7H2,1-4H3. The number of allylic oxidation sites excluding steroid dienone is 2. The Kier molecular flexibility index (Phi) is 1.50. The average Bonchev–Trinajstić information content (AvgIpc) is 2.34. The summed E-state index contributed by atoms with van der Waals surface area (Å²) in [6.45, 7) is 9.66. The fourth-order valence-electron chi connectivity index (χ4n) is 3.34. The van der Waals surface area contributed by atoms with Crippen LogP contribution in [0.15, 0.2) is 11.6 Å². The summed E-state index contributed by atoms with van der Waals surface area (Å²) >= 11 is 0. The van der Waals surface area contributed by atoms with Gasteiger partial charge in [-0.25, -0.2) is 0 Å². The van der Waals surface area contributed by atoms with Gasteiger partial charge in [0.25, 0.3) is 0 Å². The van der Waals surface area contributed by atoms with E-state index in [0.717, 1.165) is 5.92 Å². The molecule has 0 spiro atoms. The van der Waals surface area contributed by atoms with E-state index < -0.39 is 0 Å². The van der Waals surface area contributed by atoms with Crippen molar-refractivity contribution in [2.45, 2.75) is 47.0 Å². The molecule has 0 aromatic carbocycles. The maximum absolute atomic E-state index is 2.56. The van der Waals surface area contributed by atoms with Crippen LogP contribution in [0.5, 0.6) is 0 Å². The zero-order valence-corrected chi connectivity index (χ0v) is 8.78. The molecule has 2 rings (SSSR count). The third kappa shape index (κ3) is 0.694. The molecule has 2 aliphatic rings. The number of hydrogen-bond donors (Lipinski definition) is 0. The van der Waals surface area contributed by atoms with Crippen molar-refractivity contribution >= 4 is 0 Å². The van der Waals surface area contributed by atoms with Crippen LogP contribution in [-0.2, 0) is 0 Å². The molecular weight excluding hydrogens is 144 g/mol.